The first kappa shape index (κ1) is 14.0. The normalized spacial score (nSPS) is 22.1. The zero-order valence-corrected chi connectivity index (χ0v) is 12.4. The van der Waals surface area contributed by atoms with Crippen molar-refractivity contribution >= 4 is 5.91 Å². The van der Waals surface area contributed by atoms with Crippen LogP contribution in [0.5, 0.6) is 11.5 Å². The number of carbonyl (C=O) groups is 1. The Morgan fingerprint density at radius 1 is 1.22 bits per heavy atom. The minimum absolute atomic E-state index is 0.0927. The van der Waals surface area contributed by atoms with E-state index >= 15 is 0 Å². The minimum Gasteiger partial charge on any atom is -0.454 e. The maximum Gasteiger partial charge on any atom is 0.255 e. The van der Waals surface area contributed by atoms with Gasteiger partial charge in [0.05, 0.1) is 11.6 Å². The van der Waals surface area contributed by atoms with Gasteiger partial charge in [0.25, 0.3) is 5.91 Å². The number of benzene rings is 1. The van der Waals surface area contributed by atoms with E-state index in [4.69, 9.17) is 14.2 Å². The Labute approximate surface area is 133 Å². The lowest BCUT2D eigenvalue weighted by molar-refractivity contribution is 0.0817. The van der Waals surface area contributed by atoms with Crippen LogP contribution in [0.4, 0.5) is 0 Å². The van der Waals surface area contributed by atoms with Gasteiger partial charge < -0.3 is 19.5 Å². The van der Waals surface area contributed by atoms with Gasteiger partial charge in [0, 0.05) is 24.6 Å². The molecule has 118 valence electrons. The van der Waals surface area contributed by atoms with E-state index in [0.29, 0.717) is 23.7 Å². The van der Waals surface area contributed by atoms with Crippen LogP contribution in [0, 0.1) is 0 Å². The summed E-state index contributed by atoms with van der Waals surface area (Å²) in [6, 6.07) is 9.04. The molecule has 1 saturated heterocycles. The molecule has 2 aliphatic heterocycles. The standard InChI is InChI=1S/C17H16N2O4/c20-17(12-4-1-5-14-16(12)23-10-22-14)19-13-6-8-21-15(13)11-3-2-7-18-9-11/h1-5,7,9,13,15H,6,8,10H2,(H,19,20)/t13-,15+/m0/s1. The topological polar surface area (TPSA) is 69.7 Å². The predicted octanol–water partition coefficient (Wildman–Crippen LogP) is 2.07. The number of nitrogens with zero attached hydrogens (tertiary/aromatic N) is 1. The summed E-state index contributed by atoms with van der Waals surface area (Å²) in [4.78, 5) is 16.7. The Morgan fingerprint density at radius 3 is 3.04 bits per heavy atom. The molecule has 0 unspecified atom stereocenters. The summed E-state index contributed by atoms with van der Waals surface area (Å²) in [7, 11) is 0. The summed E-state index contributed by atoms with van der Waals surface area (Å²) in [5.74, 6) is 0.919. The van der Waals surface area contributed by atoms with Crippen molar-refractivity contribution in [1.29, 1.82) is 0 Å². The third-order valence-corrected chi connectivity index (χ3v) is 4.06. The molecule has 0 aliphatic carbocycles. The van der Waals surface area contributed by atoms with Crippen LogP contribution in [0.15, 0.2) is 42.7 Å². The minimum atomic E-state index is -0.184. The molecule has 6 nitrogen and oxygen atoms in total. The SMILES string of the molecule is O=C(N[C@H]1CCO[C@@H]1c1cccnc1)c1cccc2c1OCO2. The molecule has 0 saturated carbocycles. The van der Waals surface area contributed by atoms with E-state index in [-0.39, 0.29) is 24.8 Å². The molecule has 2 aliphatic rings. The molecule has 1 aromatic heterocycles. The lowest BCUT2D eigenvalue weighted by atomic mass is 10.0. The molecule has 0 spiro atoms. The number of ether oxygens (including phenoxy) is 3. The third kappa shape index (κ3) is 2.61. The van der Waals surface area contributed by atoms with Gasteiger partial charge in [-0.25, -0.2) is 0 Å². The van der Waals surface area contributed by atoms with E-state index in [1.807, 2.05) is 12.1 Å². The quantitative estimate of drug-likeness (QED) is 0.939. The van der Waals surface area contributed by atoms with Crippen LogP contribution < -0.4 is 14.8 Å². The fourth-order valence-electron chi connectivity index (χ4n) is 2.97. The number of hydrogen-bond donors (Lipinski definition) is 1. The van der Waals surface area contributed by atoms with Crippen LogP contribution in [-0.2, 0) is 4.74 Å². The predicted molar refractivity (Wildman–Crippen MR) is 81.4 cm³/mol. The number of rotatable bonds is 3. The Bertz CT molecular complexity index is 720. The van der Waals surface area contributed by atoms with E-state index in [0.717, 1.165) is 12.0 Å². The van der Waals surface area contributed by atoms with E-state index in [2.05, 4.69) is 10.3 Å². The molecule has 0 bridgehead atoms. The summed E-state index contributed by atoms with van der Waals surface area (Å²) >= 11 is 0. The van der Waals surface area contributed by atoms with Crippen molar-refractivity contribution in [2.75, 3.05) is 13.4 Å². The smallest absolute Gasteiger partial charge is 0.255 e. The van der Waals surface area contributed by atoms with Crippen molar-refractivity contribution in [3.63, 3.8) is 0 Å². The molecule has 4 rings (SSSR count). The highest BCUT2D eigenvalue weighted by Gasteiger charge is 2.32. The van der Waals surface area contributed by atoms with Crippen molar-refractivity contribution in [1.82, 2.24) is 10.3 Å². The molecule has 1 fully saturated rings. The van der Waals surface area contributed by atoms with Gasteiger partial charge in [-0.2, -0.15) is 0 Å². The van der Waals surface area contributed by atoms with Gasteiger partial charge in [0.1, 0.15) is 6.10 Å². The molecule has 1 aromatic carbocycles. The second-order valence-electron chi connectivity index (χ2n) is 5.49. The van der Waals surface area contributed by atoms with Crippen LogP contribution in [0.2, 0.25) is 0 Å². The number of para-hydroxylation sites is 1. The monoisotopic (exact) mass is 312 g/mol. The van der Waals surface area contributed by atoms with Crippen molar-refractivity contribution < 1.29 is 19.0 Å². The number of fused-ring (bicyclic) bond motifs is 1. The Hall–Kier alpha value is -2.60. The van der Waals surface area contributed by atoms with Gasteiger partial charge in [-0.05, 0) is 24.6 Å². The highest BCUT2D eigenvalue weighted by Crippen LogP contribution is 2.36. The highest BCUT2D eigenvalue weighted by molar-refractivity contribution is 5.98. The fourth-order valence-corrected chi connectivity index (χ4v) is 2.97. The summed E-state index contributed by atoms with van der Waals surface area (Å²) < 4.78 is 16.5. The van der Waals surface area contributed by atoms with Crippen molar-refractivity contribution in [2.24, 2.45) is 0 Å². The first-order valence-corrected chi connectivity index (χ1v) is 7.54. The van der Waals surface area contributed by atoms with Crippen molar-refractivity contribution in [2.45, 2.75) is 18.6 Å². The largest absolute Gasteiger partial charge is 0.454 e. The molecule has 2 atom stereocenters. The molecule has 2 aromatic rings. The lowest BCUT2D eigenvalue weighted by Gasteiger charge is -2.20. The maximum absolute atomic E-state index is 12.6. The van der Waals surface area contributed by atoms with Crippen molar-refractivity contribution in [3.05, 3.63) is 53.9 Å². The van der Waals surface area contributed by atoms with E-state index in [9.17, 15) is 4.79 Å². The summed E-state index contributed by atoms with van der Waals surface area (Å²) in [6.07, 6.45) is 4.07. The van der Waals surface area contributed by atoms with E-state index in [1.54, 1.807) is 30.6 Å². The van der Waals surface area contributed by atoms with Gasteiger partial charge in [-0.15, -0.1) is 0 Å². The average molecular weight is 312 g/mol. The zero-order valence-electron chi connectivity index (χ0n) is 12.4. The van der Waals surface area contributed by atoms with Crippen LogP contribution >= 0.6 is 0 Å². The molecular formula is C17H16N2O4. The second kappa shape index (κ2) is 5.89. The summed E-state index contributed by atoms with van der Waals surface area (Å²) in [5.41, 5.74) is 1.45. The Balaban J connectivity index is 1.54. The summed E-state index contributed by atoms with van der Waals surface area (Å²) in [5, 5.41) is 3.05. The van der Waals surface area contributed by atoms with Gasteiger partial charge >= 0.3 is 0 Å². The number of hydrogen-bond acceptors (Lipinski definition) is 5. The number of carbonyl (C=O) groups excluding carboxylic acids is 1. The van der Waals surface area contributed by atoms with Crippen LogP contribution in [0.1, 0.15) is 28.4 Å². The van der Waals surface area contributed by atoms with Gasteiger partial charge in [0.2, 0.25) is 6.79 Å². The molecule has 3 heterocycles. The highest BCUT2D eigenvalue weighted by atomic mass is 16.7. The number of amides is 1. The molecule has 6 heteroatoms. The van der Waals surface area contributed by atoms with Gasteiger partial charge in [0.15, 0.2) is 11.5 Å². The van der Waals surface area contributed by atoms with E-state index < -0.39 is 0 Å². The Morgan fingerprint density at radius 2 is 2.17 bits per heavy atom. The number of pyridine rings is 1. The zero-order chi connectivity index (χ0) is 15.6. The van der Waals surface area contributed by atoms with E-state index in [1.165, 1.54) is 0 Å². The van der Waals surface area contributed by atoms with Crippen LogP contribution in [0.3, 0.4) is 0 Å². The second-order valence-corrected chi connectivity index (χ2v) is 5.49. The molecule has 0 radical (unpaired) electrons. The molecule has 1 amide bonds. The Kier molecular flexibility index (Phi) is 3.59. The van der Waals surface area contributed by atoms with Crippen molar-refractivity contribution in [3.8, 4) is 11.5 Å². The third-order valence-electron chi connectivity index (χ3n) is 4.06. The first-order chi connectivity index (χ1) is 11.3. The molecule has 23 heavy (non-hydrogen) atoms. The lowest BCUT2D eigenvalue weighted by Crippen LogP contribution is -2.36. The number of nitrogens with one attached hydrogen (secondary N) is 1. The van der Waals surface area contributed by atoms with Crippen LogP contribution in [-0.4, -0.2) is 30.3 Å². The summed E-state index contributed by atoms with van der Waals surface area (Å²) in [6.45, 7) is 0.751. The first-order valence-electron chi connectivity index (χ1n) is 7.54. The average Bonchev–Trinajstić information content (AvgIpc) is 3.24. The number of aromatic nitrogens is 1. The molecular weight excluding hydrogens is 296 g/mol. The molecule has 1 N–H and O–H groups in total. The van der Waals surface area contributed by atoms with Gasteiger partial charge in [-0.3, -0.25) is 9.78 Å². The van der Waals surface area contributed by atoms with Crippen LogP contribution in [0.25, 0.3) is 0 Å². The fraction of sp³-hybridized carbons (Fsp3) is 0.294. The maximum atomic E-state index is 12.6. The van der Waals surface area contributed by atoms with Gasteiger partial charge in [-0.1, -0.05) is 12.1 Å².